The number of halogens is 3. The summed E-state index contributed by atoms with van der Waals surface area (Å²) < 4.78 is 43.7. The highest BCUT2D eigenvalue weighted by Gasteiger charge is 2.36. The minimum atomic E-state index is -4.62. The van der Waals surface area contributed by atoms with Crippen LogP contribution in [0.1, 0.15) is 36.8 Å². The number of nitrogens with one attached hydrogen (secondary N) is 1. The van der Waals surface area contributed by atoms with Crippen molar-refractivity contribution in [1.82, 2.24) is 9.88 Å². The zero-order chi connectivity index (χ0) is 23.7. The van der Waals surface area contributed by atoms with E-state index in [4.69, 9.17) is 4.74 Å². The minimum absolute atomic E-state index is 0.126. The van der Waals surface area contributed by atoms with Gasteiger partial charge in [0, 0.05) is 43.3 Å². The van der Waals surface area contributed by atoms with Crippen molar-refractivity contribution in [3.63, 3.8) is 0 Å². The Morgan fingerprint density at radius 1 is 1.12 bits per heavy atom. The molecule has 32 heavy (non-hydrogen) atoms. The normalized spacial score (nSPS) is 14.5. The molecule has 1 fully saturated rings. The van der Waals surface area contributed by atoms with Crippen LogP contribution in [0.4, 0.5) is 29.3 Å². The first-order chi connectivity index (χ1) is 14.8. The maximum absolute atomic E-state index is 12.8. The number of carbonyl (C=O) groups excluding carboxylic acids is 2. The van der Waals surface area contributed by atoms with Crippen LogP contribution in [0.3, 0.4) is 0 Å². The summed E-state index contributed by atoms with van der Waals surface area (Å²) >= 11 is 0. The summed E-state index contributed by atoms with van der Waals surface area (Å²) in [6, 6.07) is 8.98. The Morgan fingerprint density at radius 2 is 1.75 bits per heavy atom. The monoisotopic (exact) mass is 450 g/mol. The summed E-state index contributed by atoms with van der Waals surface area (Å²) in [5.41, 5.74) is -0.478. The molecule has 172 valence electrons. The van der Waals surface area contributed by atoms with Crippen LogP contribution in [0.15, 0.2) is 42.6 Å². The number of ether oxygens (including phenoxy) is 1. The molecule has 7 nitrogen and oxygen atoms in total. The van der Waals surface area contributed by atoms with Crippen LogP contribution in [0.5, 0.6) is 0 Å². The molecule has 2 amide bonds. The molecule has 1 aliphatic heterocycles. The Morgan fingerprint density at radius 3 is 2.31 bits per heavy atom. The van der Waals surface area contributed by atoms with Gasteiger partial charge in [-0.15, -0.1) is 0 Å². The highest BCUT2D eigenvalue weighted by molar-refractivity contribution is 6.04. The van der Waals surface area contributed by atoms with Gasteiger partial charge in [-0.2, -0.15) is 13.2 Å². The van der Waals surface area contributed by atoms with Crippen LogP contribution in [0.25, 0.3) is 0 Å². The van der Waals surface area contributed by atoms with Gasteiger partial charge in [-0.3, -0.25) is 9.78 Å². The number of carbonyl (C=O) groups is 2. The van der Waals surface area contributed by atoms with Crippen LogP contribution in [0, 0.1) is 0 Å². The average molecular weight is 450 g/mol. The Balaban J connectivity index is 1.56. The van der Waals surface area contributed by atoms with Crippen LogP contribution < -0.4 is 10.2 Å². The number of benzene rings is 1. The number of pyridine rings is 1. The third-order valence-corrected chi connectivity index (χ3v) is 4.91. The molecule has 1 aliphatic rings. The summed E-state index contributed by atoms with van der Waals surface area (Å²) in [6.07, 6.45) is -4.01. The maximum atomic E-state index is 12.8. The highest BCUT2D eigenvalue weighted by Crippen LogP contribution is 2.28. The van der Waals surface area contributed by atoms with Crippen molar-refractivity contribution in [2.75, 3.05) is 30.4 Å². The van der Waals surface area contributed by atoms with Gasteiger partial charge >= 0.3 is 12.3 Å². The highest BCUT2D eigenvalue weighted by atomic mass is 19.4. The number of amides is 2. The number of alkyl halides is 3. The number of hydrogen-bond donors (Lipinski definition) is 1. The molecule has 0 radical (unpaired) electrons. The Kier molecular flexibility index (Phi) is 6.34. The zero-order valence-corrected chi connectivity index (χ0v) is 18.2. The second-order valence-electron chi connectivity index (χ2n) is 8.58. The molecule has 1 aromatic heterocycles. The fourth-order valence-corrected chi connectivity index (χ4v) is 3.10. The molecule has 0 saturated carbocycles. The molecule has 0 unspecified atom stereocenters. The van der Waals surface area contributed by atoms with Crippen molar-refractivity contribution >= 4 is 23.4 Å². The van der Waals surface area contributed by atoms with Gasteiger partial charge in [-0.05, 0) is 57.2 Å². The van der Waals surface area contributed by atoms with Crippen molar-refractivity contribution in [2.45, 2.75) is 38.6 Å². The smallest absolute Gasteiger partial charge is 0.433 e. The van der Waals surface area contributed by atoms with Crippen molar-refractivity contribution < 1.29 is 27.5 Å². The minimum Gasteiger partial charge on any atom is -0.444 e. The number of likely N-dealkylation sites (N-methyl/N-ethyl adjacent to an activating group) is 1. The molecular formula is C22H25F3N4O3. The van der Waals surface area contributed by atoms with E-state index in [1.54, 1.807) is 29.2 Å². The first-order valence-electron chi connectivity index (χ1n) is 9.99. The lowest BCUT2D eigenvalue weighted by molar-refractivity contribution is -0.141. The van der Waals surface area contributed by atoms with Gasteiger partial charge in [-0.25, -0.2) is 4.79 Å². The van der Waals surface area contributed by atoms with Gasteiger partial charge in [0.2, 0.25) is 0 Å². The second-order valence-corrected chi connectivity index (χ2v) is 8.58. The van der Waals surface area contributed by atoms with E-state index >= 15 is 0 Å². The Bertz CT molecular complexity index is 981. The van der Waals surface area contributed by atoms with E-state index < -0.39 is 23.4 Å². The van der Waals surface area contributed by atoms with Gasteiger partial charge in [-0.1, -0.05) is 0 Å². The lowest BCUT2D eigenvalue weighted by Gasteiger charge is -2.44. The number of likely N-dealkylation sites (tertiary alicyclic amines) is 1. The number of anilines is 2. The van der Waals surface area contributed by atoms with E-state index in [-0.39, 0.29) is 17.7 Å². The predicted octanol–water partition coefficient (Wildman–Crippen LogP) is 4.41. The van der Waals surface area contributed by atoms with Crippen LogP contribution in [-0.2, 0) is 10.9 Å². The van der Waals surface area contributed by atoms with Gasteiger partial charge in [0.1, 0.15) is 11.3 Å². The molecule has 1 aromatic carbocycles. The van der Waals surface area contributed by atoms with Crippen LogP contribution in [-0.4, -0.2) is 53.7 Å². The predicted molar refractivity (Wildman–Crippen MR) is 114 cm³/mol. The van der Waals surface area contributed by atoms with Gasteiger partial charge in [0.25, 0.3) is 5.91 Å². The first-order valence-corrected chi connectivity index (χ1v) is 9.99. The summed E-state index contributed by atoms with van der Waals surface area (Å²) in [6.45, 7) is 6.52. The second kappa shape index (κ2) is 8.68. The molecular weight excluding hydrogens is 425 g/mol. The van der Waals surface area contributed by atoms with Crippen molar-refractivity contribution in [1.29, 1.82) is 0 Å². The number of nitrogens with zero attached hydrogens (tertiary/aromatic N) is 3. The third-order valence-electron chi connectivity index (χ3n) is 4.91. The number of aromatic nitrogens is 1. The SMILES string of the molecule is CN(c1ccc(NC(=O)c2ccnc(C(F)(F)F)c2)cc1)C1CN(C(=O)OC(C)(C)C)C1. The Hall–Kier alpha value is -3.30. The standard InChI is InChI=1S/C22H25F3N4O3/c1-21(2,3)32-20(31)29-12-17(13-29)28(4)16-7-5-15(6-8-16)27-19(30)14-9-10-26-18(11-14)22(23,24)25/h5-11,17H,12-13H2,1-4H3,(H,27,30). The summed E-state index contributed by atoms with van der Waals surface area (Å²) in [5, 5.41) is 2.58. The fraction of sp³-hybridized carbons (Fsp3) is 0.409. The quantitative estimate of drug-likeness (QED) is 0.747. The molecule has 0 aliphatic carbocycles. The van der Waals surface area contributed by atoms with Crippen molar-refractivity contribution in [2.24, 2.45) is 0 Å². The van der Waals surface area contributed by atoms with Crippen LogP contribution in [0.2, 0.25) is 0 Å². The van der Waals surface area contributed by atoms with E-state index in [1.807, 2.05) is 32.7 Å². The lowest BCUT2D eigenvalue weighted by atomic mass is 10.1. The molecule has 0 spiro atoms. The van der Waals surface area contributed by atoms with Gasteiger partial charge < -0.3 is 19.9 Å². The van der Waals surface area contributed by atoms with Gasteiger partial charge in [0.05, 0.1) is 6.04 Å². The third kappa shape index (κ3) is 5.68. The average Bonchev–Trinajstić information content (AvgIpc) is 2.65. The van der Waals surface area contributed by atoms with E-state index in [1.165, 1.54) is 6.07 Å². The van der Waals surface area contributed by atoms with Crippen molar-refractivity contribution in [3.8, 4) is 0 Å². The fourth-order valence-electron chi connectivity index (χ4n) is 3.10. The number of rotatable bonds is 4. The van der Waals surface area contributed by atoms with E-state index in [9.17, 15) is 22.8 Å². The maximum Gasteiger partial charge on any atom is 0.433 e. The van der Waals surface area contributed by atoms with Crippen molar-refractivity contribution in [3.05, 3.63) is 53.9 Å². The summed E-state index contributed by atoms with van der Waals surface area (Å²) in [5.74, 6) is -0.661. The first kappa shape index (κ1) is 23.4. The summed E-state index contributed by atoms with van der Waals surface area (Å²) in [7, 11) is 1.90. The topological polar surface area (TPSA) is 74.8 Å². The molecule has 0 atom stereocenters. The van der Waals surface area contributed by atoms with E-state index in [2.05, 4.69) is 10.3 Å². The largest absolute Gasteiger partial charge is 0.444 e. The molecule has 3 rings (SSSR count). The van der Waals surface area contributed by atoms with Crippen LogP contribution >= 0.6 is 0 Å². The molecule has 10 heteroatoms. The Labute approximate surface area is 184 Å². The molecule has 1 N–H and O–H groups in total. The molecule has 2 heterocycles. The molecule has 2 aromatic rings. The number of hydrogen-bond acceptors (Lipinski definition) is 5. The summed E-state index contributed by atoms with van der Waals surface area (Å²) in [4.78, 5) is 31.3. The molecule has 0 bridgehead atoms. The van der Waals surface area contributed by atoms with E-state index in [0.29, 0.717) is 24.8 Å². The van der Waals surface area contributed by atoms with E-state index in [0.717, 1.165) is 11.9 Å². The molecule has 1 saturated heterocycles. The zero-order valence-electron chi connectivity index (χ0n) is 18.2. The lowest BCUT2D eigenvalue weighted by Crippen LogP contribution is -2.61. The van der Waals surface area contributed by atoms with Gasteiger partial charge in [0.15, 0.2) is 0 Å².